The van der Waals surface area contributed by atoms with Gasteiger partial charge in [-0.25, -0.2) is 4.98 Å². The predicted octanol–water partition coefficient (Wildman–Crippen LogP) is 2.73. The molecule has 218 valence electrons. The third-order valence-electron chi connectivity index (χ3n) is 8.23. The van der Waals surface area contributed by atoms with Crippen LogP contribution in [0.1, 0.15) is 29.1 Å². The fourth-order valence-corrected chi connectivity index (χ4v) is 6.70. The van der Waals surface area contributed by atoms with Crippen LogP contribution in [-0.2, 0) is 14.3 Å². The van der Waals surface area contributed by atoms with Gasteiger partial charge in [0.1, 0.15) is 12.6 Å². The highest BCUT2D eigenvalue weighted by atomic mass is 32.1. The first-order chi connectivity index (χ1) is 19.7. The first kappa shape index (κ1) is 29.0. The molecule has 0 radical (unpaired) electrons. The van der Waals surface area contributed by atoms with Crippen molar-refractivity contribution in [2.75, 3.05) is 57.8 Å². The molecule has 0 saturated carbocycles. The summed E-state index contributed by atoms with van der Waals surface area (Å²) in [5.74, 6) is -1.38. The minimum absolute atomic E-state index is 0.0956. The van der Waals surface area contributed by atoms with Gasteiger partial charge in [0, 0.05) is 60.2 Å². The third kappa shape index (κ3) is 5.94. The molecule has 0 spiro atoms. The zero-order valence-corrected chi connectivity index (χ0v) is 24.6. The van der Waals surface area contributed by atoms with E-state index in [1.807, 2.05) is 26.0 Å². The number of rotatable bonds is 8. The number of carbonyl (C=O) groups excluding carboxylic acids is 3. The highest BCUT2D eigenvalue weighted by Crippen LogP contribution is 2.34. The Hall–Kier alpha value is -3.51. The Balaban J connectivity index is 1.23. The normalized spacial score (nSPS) is 23.4. The second-order valence-electron chi connectivity index (χ2n) is 11.3. The molecule has 3 saturated heterocycles. The molecule has 0 bridgehead atoms. The smallest absolute Gasteiger partial charge is 0.251 e. The summed E-state index contributed by atoms with van der Waals surface area (Å²) >= 11 is 1.69. The Morgan fingerprint density at radius 2 is 1.93 bits per heavy atom. The summed E-state index contributed by atoms with van der Waals surface area (Å²) in [6.45, 7) is 9.96. The molecular weight excluding hydrogens is 544 g/mol. The van der Waals surface area contributed by atoms with Gasteiger partial charge in [0.2, 0.25) is 5.91 Å². The van der Waals surface area contributed by atoms with Gasteiger partial charge in [0.15, 0.2) is 10.9 Å². The maximum Gasteiger partial charge on any atom is 0.251 e. The number of azide groups is 1. The number of ketones is 1. The van der Waals surface area contributed by atoms with Gasteiger partial charge in [0.05, 0.1) is 23.8 Å². The number of hydrogen-bond donors (Lipinski definition) is 1. The number of Topliss-reactive ketones (excluding diaryl/α,β-unsaturated/α-hetero) is 1. The van der Waals surface area contributed by atoms with Gasteiger partial charge in [-0.1, -0.05) is 31.1 Å². The Morgan fingerprint density at radius 3 is 2.59 bits per heavy atom. The van der Waals surface area contributed by atoms with Crippen LogP contribution >= 0.6 is 11.3 Å². The maximum atomic E-state index is 13.6. The largest absolute Gasteiger partial charge is 0.367 e. The van der Waals surface area contributed by atoms with Crippen molar-refractivity contribution >= 4 is 34.1 Å². The van der Waals surface area contributed by atoms with E-state index in [4.69, 9.17) is 15.3 Å². The SMILES string of the molecule is Cc1sc(N2CCN(C)CC2)nc1-c1ccc(C(=O)NCC(C(=O)N2CC(N=[N+]=[N-])C3OCC(=O)C32)C(C)C)cc1. The molecule has 1 aromatic heterocycles. The molecule has 1 N–H and O–H groups in total. The second-order valence-corrected chi connectivity index (χ2v) is 12.5. The van der Waals surface area contributed by atoms with Gasteiger partial charge in [-0.05, 0) is 37.6 Å². The molecule has 41 heavy (non-hydrogen) atoms. The van der Waals surface area contributed by atoms with Crippen molar-refractivity contribution in [1.29, 1.82) is 0 Å². The van der Waals surface area contributed by atoms with Gasteiger partial charge < -0.3 is 24.8 Å². The Kier molecular flexibility index (Phi) is 8.60. The fraction of sp³-hybridized carbons (Fsp3) is 0.571. The van der Waals surface area contributed by atoms with Crippen molar-refractivity contribution in [2.24, 2.45) is 17.0 Å². The van der Waals surface area contributed by atoms with Crippen molar-refractivity contribution < 1.29 is 19.1 Å². The molecule has 2 amide bonds. The van der Waals surface area contributed by atoms with Crippen LogP contribution in [0.3, 0.4) is 0 Å². The van der Waals surface area contributed by atoms with Crippen molar-refractivity contribution in [2.45, 2.75) is 39.0 Å². The molecule has 3 aliphatic heterocycles. The zero-order chi connectivity index (χ0) is 29.3. The monoisotopic (exact) mass is 580 g/mol. The minimum atomic E-state index is -0.756. The summed E-state index contributed by atoms with van der Waals surface area (Å²) in [5.41, 5.74) is 11.3. The molecule has 13 heteroatoms. The second kappa shape index (κ2) is 12.2. The number of amides is 2. The Morgan fingerprint density at radius 1 is 1.22 bits per heavy atom. The average molecular weight is 581 g/mol. The lowest BCUT2D eigenvalue weighted by Crippen LogP contribution is -2.48. The number of aromatic nitrogens is 1. The number of fused-ring (bicyclic) bond motifs is 1. The van der Waals surface area contributed by atoms with E-state index in [1.165, 1.54) is 4.90 Å². The van der Waals surface area contributed by atoms with Gasteiger partial charge in [-0.2, -0.15) is 0 Å². The van der Waals surface area contributed by atoms with E-state index in [0.717, 1.165) is 47.4 Å². The molecule has 3 aliphatic rings. The van der Waals surface area contributed by atoms with Crippen LogP contribution in [0.2, 0.25) is 0 Å². The number of nitrogens with zero attached hydrogens (tertiary/aromatic N) is 7. The lowest BCUT2D eigenvalue weighted by molar-refractivity contribution is -0.141. The number of benzene rings is 1. The Labute approximate surface area is 243 Å². The number of nitrogens with one attached hydrogen (secondary N) is 1. The van der Waals surface area contributed by atoms with Crippen molar-refractivity contribution in [3.63, 3.8) is 0 Å². The van der Waals surface area contributed by atoms with Gasteiger partial charge in [-0.15, -0.1) is 11.3 Å². The van der Waals surface area contributed by atoms with E-state index < -0.39 is 24.1 Å². The Bertz CT molecular complexity index is 1350. The summed E-state index contributed by atoms with van der Waals surface area (Å²) in [4.78, 5) is 54.1. The first-order valence-corrected chi connectivity index (χ1v) is 14.8. The molecule has 4 heterocycles. The van der Waals surface area contributed by atoms with E-state index in [2.05, 4.69) is 39.1 Å². The van der Waals surface area contributed by atoms with Crippen LogP contribution in [0.15, 0.2) is 29.4 Å². The molecule has 0 aliphatic carbocycles. The van der Waals surface area contributed by atoms with Crippen LogP contribution in [0.4, 0.5) is 5.13 Å². The standard InChI is InChI=1S/C28H36N8O4S/c1-16(2)20(27(39)36-14-21(32-33-29)25-24(36)22(37)15-40-25)13-30-26(38)19-7-5-18(6-8-19)23-17(3)41-28(31-23)35-11-9-34(4)10-12-35/h5-8,16,20-21,24-25H,9-15H2,1-4H3,(H,30,38). The molecule has 4 atom stereocenters. The van der Waals surface area contributed by atoms with E-state index in [9.17, 15) is 14.4 Å². The van der Waals surface area contributed by atoms with Gasteiger partial charge in [-0.3, -0.25) is 14.4 Å². The molecule has 2 aromatic rings. The lowest BCUT2D eigenvalue weighted by atomic mass is 9.93. The third-order valence-corrected chi connectivity index (χ3v) is 9.26. The summed E-state index contributed by atoms with van der Waals surface area (Å²) in [6.07, 6.45) is -0.623. The molecular formula is C28H36N8O4S. The highest BCUT2D eigenvalue weighted by Gasteiger charge is 2.53. The predicted molar refractivity (Wildman–Crippen MR) is 156 cm³/mol. The lowest BCUT2D eigenvalue weighted by Gasteiger charge is -2.32. The first-order valence-electron chi connectivity index (χ1n) is 14.0. The number of thiazole rings is 1. The van der Waals surface area contributed by atoms with E-state index in [0.29, 0.717) is 5.56 Å². The van der Waals surface area contributed by atoms with Gasteiger partial charge in [0.25, 0.3) is 5.91 Å². The van der Waals surface area contributed by atoms with Crippen LogP contribution in [0, 0.1) is 18.8 Å². The van der Waals surface area contributed by atoms with Crippen LogP contribution in [0.5, 0.6) is 0 Å². The molecule has 3 fully saturated rings. The van der Waals surface area contributed by atoms with Crippen molar-refractivity contribution in [3.8, 4) is 11.3 Å². The van der Waals surface area contributed by atoms with Gasteiger partial charge >= 0.3 is 0 Å². The summed E-state index contributed by atoms with van der Waals surface area (Å²) < 4.78 is 5.53. The van der Waals surface area contributed by atoms with Crippen LogP contribution in [0.25, 0.3) is 21.7 Å². The van der Waals surface area contributed by atoms with E-state index in [1.54, 1.807) is 23.5 Å². The topological polar surface area (TPSA) is 144 Å². The van der Waals surface area contributed by atoms with E-state index in [-0.39, 0.29) is 43.2 Å². The number of likely N-dealkylation sites (N-methyl/N-ethyl adjacent to an activating group) is 1. The fourth-order valence-electron chi connectivity index (χ4n) is 5.71. The average Bonchev–Trinajstić information content (AvgIpc) is 3.64. The molecule has 5 rings (SSSR count). The number of piperazine rings is 1. The summed E-state index contributed by atoms with van der Waals surface area (Å²) in [7, 11) is 2.13. The van der Waals surface area contributed by atoms with Crippen LogP contribution < -0.4 is 10.2 Å². The summed E-state index contributed by atoms with van der Waals surface area (Å²) in [5, 5.41) is 7.68. The van der Waals surface area contributed by atoms with E-state index >= 15 is 0 Å². The number of ether oxygens (including phenoxy) is 1. The molecule has 12 nitrogen and oxygen atoms in total. The quantitative estimate of drug-likeness (QED) is 0.287. The number of anilines is 1. The highest BCUT2D eigenvalue weighted by molar-refractivity contribution is 7.16. The minimum Gasteiger partial charge on any atom is -0.367 e. The van der Waals surface area contributed by atoms with Crippen molar-refractivity contribution in [3.05, 3.63) is 45.1 Å². The molecule has 1 aromatic carbocycles. The van der Waals surface area contributed by atoms with Crippen molar-refractivity contribution in [1.82, 2.24) is 20.1 Å². The summed E-state index contributed by atoms with van der Waals surface area (Å²) in [6, 6.07) is 5.99. The van der Waals surface area contributed by atoms with Crippen LogP contribution in [-0.4, -0.2) is 103 Å². The molecule has 4 unspecified atom stereocenters. The zero-order valence-electron chi connectivity index (χ0n) is 23.8. The number of carbonyl (C=O) groups is 3. The number of aryl methyl sites for hydroxylation is 1. The number of hydrogen-bond acceptors (Lipinski definition) is 9. The number of likely N-dealkylation sites (tertiary alicyclic amines) is 1. The maximum absolute atomic E-state index is 13.6.